The van der Waals surface area contributed by atoms with Gasteiger partial charge < -0.3 is 34.5 Å². The summed E-state index contributed by atoms with van der Waals surface area (Å²) in [6, 6.07) is 33.1. The number of esters is 1. The van der Waals surface area contributed by atoms with Crippen molar-refractivity contribution in [2.45, 2.75) is 44.2 Å². The van der Waals surface area contributed by atoms with Crippen molar-refractivity contribution in [2.24, 2.45) is 0 Å². The highest BCUT2D eigenvalue weighted by Gasteiger charge is 2.39. The van der Waals surface area contributed by atoms with Crippen molar-refractivity contribution < 1.29 is 38.1 Å². The molecule has 8 rings (SSSR count). The van der Waals surface area contributed by atoms with Gasteiger partial charge in [0.15, 0.2) is 0 Å². The molecule has 5 aromatic carbocycles. The monoisotopic (exact) mass is 856 g/mol. The quantitative estimate of drug-likeness (QED) is 0.116. The van der Waals surface area contributed by atoms with Gasteiger partial charge >= 0.3 is 5.97 Å². The molecule has 2 aliphatic heterocycles. The maximum atomic E-state index is 14.3. The maximum Gasteiger partial charge on any atom is 0.328 e. The second-order valence-corrected chi connectivity index (χ2v) is 15.3. The largest absolute Gasteiger partial charge is 0.489 e. The molecule has 0 bridgehead atoms. The highest BCUT2D eigenvalue weighted by atomic mass is 35.5. The summed E-state index contributed by atoms with van der Waals surface area (Å²) < 4.78 is 23.2. The normalized spacial score (nSPS) is 15.9. The van der Waals surface area contributed by atoms with Crippen LogP contribution in [0.15, 0.2) is 134 Å². The summed E-state index contributed by atoms with van der Waals surface area (Å²) >= 11 is 12.2. The molecule has 0 aliphatic carbocycles. The number of hydrogen-bond acceptors (Lipinski definition) is 9. The molecule has 0 saturated heterocycles. The standard InChI is InChI=1S/C47H38Cl2N4O8/c1-58-47(57)40(22-28-7-12-35(13-8-28)60-36-17-19-50-20-18-36)52-44(54)41-24-32-23-39-42(25-33(32)26-53(41)46(56)31-5-3-2-4-6-31)61-43(45(55)51-39)30-10-14-34(15-11-30)59-27-29-9-16-37(48)38(49)21-29/h2-21,23,25,40-41,43H,22,24,26-27H2,1H3,(H,51,55)(H,52,54). The topological polar surface area (TPSA) is 145 Å². The summed E-state index contributed by atoms with van der Waals surface area (Å²) in [5.41, 5.74) is 4.51. The van der Waals surface area contributed by atoms with Crippen LogP contribution >= 0.6 is 23.2 Å². The number of halogens is 2. The Morgan fingerprint density at radius 3 is 2.26 bits per heavy atom. The van der Waals surface area contributed by atoms with E-state index in [1.165, 1.54) is 12.0 Å². The van der Waals surface area contributed by atoms with Crippen LogP contribution in [-0.4, -0.2) is 52.8 Å². The predicted molar refractivity (Wildman–Crippen MR) is 228 cm³/mol. The highest BCUT2D eigenvalue weighted by molar-refractivity contribution is 6.42. The molecular weight excluding hydrogens is 819 g/mol. The molecule has 3 heterocycles. The Kier molecular flexibility index (Phi) is 12.2. The molecule has 0 saturated carbocycles. The molecule has 12 nitrogen and oxygen atoms in total. The van der Waals surface area contributed by atoms with E-state index in [-0.39, 0.29) is 37.8 Å². The van der Waals surface area contributed by atoms with Gasteiger partial charge in [0.1, 0.15) is 41.7 Å². The zero-order valence-corrected chi connectivity index (χ0v) is 34.2. The van der Waals surface area contributed by atoms with E-state index in [0.29, 0.717) is 49.9 Å². The van der Waals surface area contributed by atoms with E-state index < -0.39 is 30.1 Å². The fourth-order valence-corrected chi connectivity index (χ4v) is 7.53. The van der Waals surface area contributed by atoms with Crippen molar-refractivity contribution in [3.05, 3.63) is 177 Å². The Hall–Kier alpha value is -6.89. The summed E-state index contributed by atoms with van der Waals surface area (Å²) in [4.78, 5) is 60.5. The number of carbonyl (C=O) groups excluding carboxylic acids is 4. The number of ether oxygens (including phenoxy) is 4. The van der Waals surface area contributed by atoms with Crippen LogP contribution in [0.4, 0.5) is 5.69 Å². The third kappa shape index (κ3) is 9.46. The molecule has 6 aromatic rings. The molecule has 3 amide bonds. The minimum atomic E-state index is -1.06. The molecule has 1 aromatic heterocycles. The van der Waals surface area contributed by atoms with Crippen LogP contribution in [0.5, 0.6) is 23.0 Å². The number of fused-ring (bicyclic) bond motifs is 2. The van der Waals surface area contributed by atoms with Gasteiger partial charge in [0.2, 0.25) is 12.0 Å². The summed E-state index contributed by atoms with van der Waals surface area (Å²) in [6.07, 6.45) is 2.52. The van der Waals surface area contributed by atoms with Crippen LogP contribution < -0.4 is 24.8 Å². The van der Waals surface area contributed by atoms with Gasteiger partial charge in [-0.2, -0.15) is 0 Å². The Labute approximate surface area is 361 Å². The van der Waals surface area contributed by atoms with Gasteiger partial charge in [-0.05, 0) is 95.1 Å². The Bertz CT molecular complexity index is 2580. The lowest BCUT2D eigenvalue weighted by Crippen LogP contribution is -2.56. The molecule has 0 fully saturated rings. The zero-order chi connectivity index (χ0) is 42.5. The van der Waals surface area contributed by atoms with E-state index in [0.717, 1.165) is 22.3 Å². The van der Waals surface area contributed by atoms with Crippen molar-refractivity contribution >= 4 is 52.6 Å². The number of pyridine rings is 1. The number of benzene rings is 5. The molecule has 0 spiro atoms. The molecule has 308 valence electrons. The van der Waals surface area contributed by atoms with Crippen LogP contribution in [0.1, 0.15) is 44.3 Å². The average Bonchev–Trinajstić information content (AvgIpc) is 3.28. The van der Waals surface area contributed by atoms with Crippen LogP contribution in [0, 0.1) is 0 Å². The van der Waals surface area contributed by atoms with Crippen molar-refractivity contribution in [2.75, 3.05) is 12.4 Å². The summed E-state index contributed by atoms with van der Waals surface area (Å²) in [6.45, 7) is 0.329. The molecule has 2 aliphatic rings. The zero-order valence-electron chi connectivity index (χ0n) is 32.7. The van der Waals surface area contributed by atoms with Gasteiger partial charge in [-0.1, -0.05) is 71.7 Å². The lowest BCUT2D eigenvalue weighted by Gasteiger charge is -2.38. The first-order chi connectivity index (χ1) is 29.6. The number of methoxy groups -OCH3 is 1. The van der Waals surface area contributed by atoms with E-state index in [2.05, 4.69) is 15.6 Å². The number of nitrogens with one attached hydrogen (secondary N) is 2. The average molecular weight is 858 g/mol. The lowest BCUT2D eigenvalue weighted by atomic mass is 9.91. The molecule has 14 heteroatoms. The molecule has 3 atom stereocenters. The highest BCUT2D eigenvalue weighted by Crippen LogP contribution is 2.40. The fraction of sp³-hybridized carbons (Fsp3) is 0.170. The second-order valence-electron chi connectivity index (χ2n) is 14.4. The Balaban J connectivity index is 0.994. The van der Waals surface area contributed by atoms with Gasteiger partial charge in [-0.25, -0.2) is 4.79 Å². The number of rotatable bonds is 12. The number of hydrogen-bond donors (Lipinski definition) is 2. The van der Waals surface area contributed by atoms with Crippen molar-refractivity contribution in [3.63, 3.8) is 0 Å². The number of nitrogens with zero attached hydrogens (tertiary/aromatic N) is 2. The first kappa shape index (κ1) is 40.9. The van der Waals surface area contributed by atoms with Crippen LogP contribution in [-0.2, 0) is 45.1 Å². The first-order valence-corrected chi connectivity index (χ1v) is 20.1. The van der Waals surface area contributed by atoms with Crippen molar-refractivity contribution in [1.82, 2.24) is 15.2 Å². The van der Waals surface area contributed by atoms with E-state index >= 15 is 0 Å². The molecule has 3 unspecified atom stereocenters. The number of aromatic nitrogens is 1. The number of amides is 3. The van der Waals surface area contributed by atoms with Crippen molar-refractivity contribution in [1.29, 1.82) is 0 Å². The summed E-state index contributed by atoms with van der Waals surface area (Å²) in [7, 11) is 1.25. The number of anilines is 1. The predicted octanol–water partition coefficient (Wildman–Crippen LogP) is 8.30. The summed E-state index contributed by atoms with van der Waals surface area (Å²) in [5.74, 6) is 0.293. The lowest BCUT2D eigenvalue weighted by molar-refractivity contribution is -0.145. The van der Waals surface area contributed by atoms with Crippen LogP contribution in [0.25, 0.3) is 0 Å². The van der Waals surface area contributed by atoms with Gasteiger partial charge in [0.25, 0.3) is 11.8 Å². The van der Waals surface area contributed by atoms with Gasteiger partial charge in [0.05, 0.1) is 22.8 Å². The van der Waals surface area contributed by atoms with E-state index in [9.17, 15) is 19.2 Å². The van der Waals surface area contributed by atoms with E-state index in [4.69, 9.17) is 42.1 Å². The van der Waals surface area contributed by atoms with Crippen LogP contribution in [0.2, 0.25) is 10.0 Å². The summed E-state index contributed by atoms with van der Waals surface area (Å²) in [5, 5.41) is 6.73. The third-order valence-electron chi connectivity index (χ3n) is 10.4. The Morgan fingerprint density at radius 2 is 1.54 bits per heavy atom. The van der Waals surface area contributed by atoms with E-state index in [1.807, 2.05) is 6.07 Å². The minimum absolute atomic E-state index is 0.0586. The van der Waals surface area contributed by atoms with Gasteiger partial charge in [-0.3, -0.25) is 19.4 Å². The molecular formula is C47H38Cl2N4O8. The van der Waals surface area contributed by atoms with Gasteiger partial charge in [-0.15, -0.1) is 0 Å². The van der Waals surface area contributed by atoms with Crippen molar-refractivity contribution in [3.8, 4) is 23.0 Å². The SMILES string of the molecule is COC(=O)C(Cc1ccc(Oc2ccncc2)cc1)NC(=O)C1Cc2cc3c(cc2CN1C(=O)c1ccccc1)OC(c1ccc(OCc2ccc(Cl)c(Cl)c2)cc1)C(=O)N3. The number of carbonyl (C=O) groups is 4. The smallest absolute Gasteiger partial charge is 0.328 e. The molecule has 2 N–H and O–H groups in total. The van der Waals surface area contributed by atoms with E-state index in [1.54, 1.807) is 128 Å². The van der Waals surface area contributed by atoms with Gasteiger partial charge in [0, 0.05) is 42.9 Å². The first-order valence-electron chi connectivity index (χ1n) is 19.3. The second kappa shape index (κ2) is 18.2. The van der Waals surface area contributed by atoms with Crippen LogP contribution in [0.3, 0.4) is 0 Å². The maximum absolute atomic E-state index is 14.3. The Morgan fingerprint density at radius 1 is 0.836 bits per heavy atom. The fourth-order valence-electron chi connectivity index (χ4n) is 7.21. The molecule has 0 radical (unpaired) electrons. The third-order valence-corrected chi connectivity index (χ3v) is 11.1. The minimum Gasteiger partial charge on any atom is -0.489 e. The molecule has 61 heavy (non-hydrogen) atoms.